The molecule has 0 fully saturated rings. The second-order valence-corrected chi connectivity index (χ2v) is 15.0. The maximum absolute atomic E-state index is 3.77. The van der Waals surface area contributed by atoms with E-state index < -0.39 is 0 Å². The minimum absolute atomic E-state index is 1.04. The molecule has 0 unspecified atom stereocenters. The van der Waals surface area contributed by atoms with Crippen molar-refractivity contribution < 1.29 is 0 Å². The molecule has 0 aliphatic carbocycles. The number of fused-ring (bicyclic) bond motifs is 5. The lowest BCUT2D eigenvalue weighted by Crippen LogP contribution is -1.97. The predicted molar refractivity (Wildman–Crippen MR) is 247 cm³/mol. The quantitative estimate of drug-likeness (QED) is 0.161. The number of para-hydroxylation sites is 2. The van der Waals surface area contributed by atoms with Gasteiger partial charge in [0, 0.05) is 33.4 Å². The Bertz CT molecular complexity index is 3200. The molecule has 0 radical (unpaired) electrons. The first-order valence-corrected chi connectivity index (χ1v) is 19.9. The number of hydrogen-bond acceptors (Lipinski definition) is 1. The van der Waals surface area contributed by atoms with E-state index in [0.29, 0.717) is 0 Å². The van der Waals surface area contributed by atoms with Gasteiger partial charge in [0.15, 0.2) is 0 Å². The summed E-state index contributed by atoms with van der Waals surface area (Å²) in [5, 5.41) is 11.3. The standard InChI is InChI=1S/C56H38N2/c1-4-16-40(17-5-1)51-36-44(37-52-46-22-14-15-27-53(46)58(56(51)52)45-20-8-3-9-21-45)57-43-34-32-39(33-35-43)38-28-30-42(31-29-38)55-49-25-12-10-23-47(49)54(41-18-6-2-7-19-41)48-24-11-13-26-50(48)55/h1-37,57H. The molecule has 0 bridgehead atoms. The van der Waals surface area contributed by atoms with Crippen LogP contribution >= 0.6 is 0 Å². The Balaban J connectivity index is 0.952. The normalized spacial score (nSPS) is 11.4. The summed E-state index contributed by atoms with van der Waals surface area (Å²) in [6.45, 7) is 0. The van der Waals surface area contributed by atoms with Gasteiger partial charge in [-0.15, -0.1) is 0 Å². The molecule has 2 heteroatoms. The van der Waals surface area contributed by atoms with Gasteiger partial charge in [0.25, 0.3) is 0 Å². The van der Waals surface area contributed by atoms with Crippen molar-refractivity contribution in [2.75, 3.05) is 5.32 Å². The van der Waals surface area contributed by atoms with Gasteiger partial charge in [0.1, 0.15) is 0 Å². The van der Waals surface area contributed by atoms with Crippen LogP contribution in [-0.2, 0) is 0 Å². The fourth-order valence-corrected chi connectivity index (χ4v) is 8.95. The molecule has 2 nitrogen and oxygen atoms in total. The van der Waals surface area contributed by atoms with Crippen molar-refractivity contribution in [1.82, 2.24) is 4.57 Å². The minimum Gasteiger partial charge on any atom is -0.355 e. The van der Waals surface area contributed by atoms with Crippen LogP contribution in [0.3, 0.4) is 0 Å². The van der Waals surface area contributed by atoms with Gasteiger partial charge in [-0.05, 0) is 103 Å². The Hall–Kier alpha value is -7.68. The van der Waals surface area contributed by atoms with E-state index in [1.807, 2.05) is 0 Å². The summed E-state index contributed by atoms with van der Waals surface area (Å²) in [4.78, 5) is 0. The molecule has 0 aliphatic rings. The zero-order valence-electron chi connectivity index (χ0n) is 31.8. The molecule has 0 atom stereocenters. The average Bonchev–Trinajstić information content (AvgIpc) is 3.63. The van der Waals surface area contributed by atoms with E-state index >= 15 is 0 Å². The van der Waals surface area contributed by atoms with Gasteiger partial charge in [-0.2, -0.15) is 0 Å². The highest BCUT2D eigenvalue weighted by molar-refractivity contribution is 6.21. The van der Waals surface area contributed by atoms with Crippen LogP contribution in [0.15, 0.2) is 224 Å². The van der Waals surface area contributed by atoms with Crippen LogP contribution < -0.4 is 5.32 Å². The van der Waals surface area contributed by atoms with Crippen molar-refractivity contribution in [1.29, 1.82) is 0 Å². The number of benzene rings is 10. The second-order valence-electron chi connectivity index (χ2n) is 15.0. The number of nitrogens with zero attached hydrogens (tertiary/aromatic N) is 1. The predicted octanol–water partition coefficient (Wildman–Crippen LogP) is 15.5. The van der Waals surface area contributed by atoms with E-state index in [1.165, 1.54) is 87.9 Å². The molecule has 58 heavy (non-hydrogen) atoms. The monoisotopic (exact) mass is 738 g/mol. The molecule has 11 aromatic rings. The molecule has 0 saturated carbocycles. The first kappa shape index (κ1) is 33.6. The molecule has 1 heterocycles. The summed E-state index contributed by atoms with van der Waals surface area (Å²) < 4.78 is 2.40. The molecule has 1 aromatic heterocycles. The maximum Gasteiger partial charge on any atom is 0.0620 e. The largest absolute Gasteiger partial charge is 0.355 e. The highest BCUT2D eigenvalue weighted by Crippen LogP contribution is 2.44. The fraction of sp³-hybridized carbons (Fsp3) is 0. The third-order valence-electron chi connectivity index (χ3n) is 11.5. The van der Waals surface area contributed by atoms with Crippen molar-refractivity contribution >= 4 is 54.7 Å². The van der Waals surface area contributed by atoms with E-state index in [4.69, 9.17) is 0 Å². The van der Waals surface area contributed by atoms with Crippen LogP contribution in [0.5, 0.6) is 0 Å². The lowest BCUT2D eigenvalue weighted by molar-refractivity contribution is 1.18. The number of aromatic nitrogens is 1. The van der Waals surface area contributed by atoms with Gasteiger partial charge >= 0.3 is 0 Å². The van der Waals surface area contributed by atoms with Gasteiger partial charge < -0.3 is 9.88 Å². The van der Waals surface area contributed by atoms with Gasteiger partial charge in [0.2, 0.25) is 0 Å². The third kappa shape index (κ3) is 5.74. The fourth-order valence-electron chi connectivity index (χ4n) is 8.95. The summed E-state index contributed by atoms with van der Waals surface area (Å²) in [5.41, 5.74) is 15.4. The van der Waals surface area contributed by atoms with Crippen LogP contribution in [0.25, 0.3) is 93.5 Å². The molecule has 272 valence electrons. The van der Waals surface area contributed by atoms with Gasteiger partial charge in [-0.3, -0.25) is 0 Å². The zero-order valence-corrected chi connectivity index (χ0v) is 31.8. The molecular formula is C56H38N2. The van der Waals surface area contributed by atoms with Crippen molar-refractivity contribution in [3.63, 3.8) is 0 Å². The van der Waals surface area contributed by atoms with Gasteiger partial charge in [-0.25, -0.2) is 0 Å². The third-order valence-corrected chi connectivity index (χ3v) is 11.5. The number of hydrogen-bond donors (Lipinski definition) is 1. The van der Waals surface area contributed by atoms with Crippen LogP contribution in [0.2, 0.25) is 0 Å². The lowest BCUT2D eigenvalue weighted by atomic mass is 9.86. The Labute approximate surface area is 337 Å². The summed E-state index contributed by atoms with van der Waals surface area (Å²) in [6, 6.07) is 81.1. The number of nitrogens with one attached hydrogen (secondary N) is 1. The maximum atomic E-state index is 3.77. The Kier molecular flexibility index (Phi) is 8.19. The summed E-state index contributed by atoms with van der Waals surface area (Å²) >= 11 is 0. The molecule has 0 aliphatic heterocycles. The summed E-state index contributed by atoms with van der Waals surface area (Å²) in [6.07, 6.45) is 0. The number of rotatable bonds is 7. The molecular weight excluding hydrogens is 701 g/mol. The van der Waals surface area contributed by atoms with E-state index in [2.05, 4.69) is 234 Å². The summed E-state index contributed by atoms with van der Waals surface area (Å²) in [5.74, 6) is 0. The smallest absolute Gasteiger partial charge is 0.0620 e. The Morgan fingerprint density at radius 3 is 1.29 bits per heavy atom. The minimum atomic E-state index is 1.04. The Morgan fingerprint density at radius 1 is 0.293 bits per heavy atom. The molecule has 1 N–H and O–H groups in total. The van der Waals surface area contributed by atoms with Crippen molar-refractivity contribution in [3.05, 3.63) is 224 Å². The molecule has 0 saturated heterocycles. The van der Waals surface area contributed by atoms with Crippen LogP contribution in [0.1, 0.15) is 0 Å². The first-order valence-electron chi connectivity index (χ1n) is 19.9. The van der Waals surface area contributed by atoms with Gasteiger partial charge in [-0.1, -0.05) is 182 Å². The SMILES string of the molecule is c1ccc(-c2c3ccccc3c(-c3ccc(-c4ccc(Nc5cc(-c6ccccc6)c6c(c5)c5ccccc5n6-c5ccccc5)cc4)cc3)c3ccccc23)cc1. The van der Waals surface area contributed by atoms with Crippen molar-refractivity contribution in [3.8, 4) is 50.2 Å². The molecule has 0 spiro atoms. The highest BCUT2D eigenvalue weighted by atomic mass is 15.0. The number of anilines is 2. The van der Waals surface area contributed by atoms with Crippen LogP contribution in [0, 0.1) is 0 Å². The molecule has 0 amide bonds. The Morgan fingerprint density at radius 2 is 0.724 bits per heavy atom. The molecule has 11 rings (SSSR count). The second kappa shape index (κ2) is 14.1. The molecule has 10 aromatic carbocycles. The van der Waals surface area contributed by atoms with Crippen LogP contribution in [-0.4, -0.2) is 4.57 Å². The van der Waals surface area contributed by atoms with E-state index in [0.717, 1.165) is 17.1 Å². The van der Waals surface area contributed by atoms with E-state index in [1.54, 1.807) is 0 Å². The zero-order chi connectivity index (χ0) is 38.4. The van der Waals surface area contributed by atoms with E-state index in [-0.39, 0.29) is 0 Å². The van der Waals surface area contributed by atoms with Gasteiger partial charge in [0.05, 0.1) is 11.0 Å². The highest BCUT2D eigenvalue weighted by Gasteiger charge is 2.19. The van der Waals surface area contributed by atoms with Crippen LogP contribution in [0.4, 0.5) is 11.4 Å². The van der Waals surface area contributed by atoms with Crippen molar-refractivity contribution in [2.45, 2.75) is 0 Å². The van der Waals surface area contributed by atoms with E-state index in [9.17, 15) is 0 Å². The average molecular weight is 739 g/mol. The first-order chi connectivity index (χ1) is 28.8. The summed E-state index contributed by atoms with van der Waals surface area (Å²) in [7, 11) is 0. The lowest BCUT2D eigenvalue weighted by Gasteiger charge is -2.18. The topological polar surface area (TPSA) is 17.0 Å². The van der Waals surface area contributed by atoms with Crippen molar-refractivity contribution in [2.24, 2.45) is 0 Å².